The lowest BCUT2D eigenvalue weighted by Gasteiger charge is -1.99. The van der Waals surface area contributed by atoms with E-state index < -0.39 is 15.9 Å². The summed E-state index contributed by atoms with van der Waals surface area (Å²) in [6.45, 7) is 0. The molecule has 0 fully saturated rings. The van der Waals surface area contributed by atoms with Crippen LogP contribution in [-0.2, 0) is 10.1 Å². The fourth-order valence-electron chi connectivity index (χ4n) is 0.684. The summed E-state index contributed by atoms with van der Waals surface area (Å²) >= 11 is 2.80. The monoisotopic (exact) mass is 254 g/mol. The highest BCUT2D eigenvalue weighted by Crippen LogP contribution is 2.21. The summed E-state index contributed by atoms with van der Waals surface area (Å²) in [5.41, 5.74) is 0. The normalized spacial score (nSPS) is 11.6. The topological polar surface area (TPSA) is 54.4 Å². The summed E-state index contributed by atoms with van der Waals surface area (Å²) in [6, 6.07) is 2.89. The van der Waals surface area contributed by atoms with Crippen molar-refractivity contribution in [2.75, 3.05) is 0 Å². The Morgan fingerprint density at radius 2 is 2.00 bits per heavy atom. The molecule has 0 amide bonds. The van der Waals surface area contributed by atoms with Gasteiger partial charge in [0.25, 0.3) is 10.1 Å². The highest BCUT2D eigenvalue weighted by atomic mass is 79.9. The van der Waals surface area contributed by atoms with E-state index in [1.54, 1.807) is 0 Å². The largest absolute Gasteiger partial charge is 0.295 e. The third-order valence-corrected chi connectivity index (χ3v) is 3.00. The molecule has 0 saturated carbocycles. The quantitative estimate of drug-likeness (QED) is 0.779. The van der Waals surface area contributed by atoms with Crippen LogP contribution in [0.4, 0.5) is 4.39 Å². The third-order valence-electron chi connectivity index (χ3n) is 1.17. The van der Waals surface area contributed by atoms with Crippen LogP contribution >= 0.6 is 15.9 Å². The lowest BCUT2D eigenvalue weighted by Crippen LogP contribution is -1.99. The molecule has 12 heavy (non-hydrogen) atoms. The van der Waals surface area contributed by atoms with Crippen molar-refractivity contribution in [1.82, 2.24) is 0 Å². The zero-order valence-corrected chi connectivity index (χ0v) is 8.06. The second kappa shape index (κ2) is 3.12. The second-order valence-electron chi connectivity index (χ2n) is 2.05. The van der Waals surface area contributed by atoms with Gasteiger partial charge in [-0.1, -0.05) is 0 Å². The van der Waals surface area contributed by atoms with Crippen LogP contribution in [0.5, 0.6) is 0 Å². The maximum absolute atomic E-state index is 12.4. The molecule has 0 aliphatic heterocycles. The van der Waals surface area contributed by atoms with Gasteiger partial charge in [0.1, 0.15) is 10.7 Å². The Balaban J connectivity index is 3.39. The smallest absolute Gasteiger partial charge is 0.282 e. The Kier molecular flexibility index (Phi) is 2.50. The standard InChI is InChI=1S/C6H4BrFO3S/c7-5-3-4(8)1-2-6(5)12(9,10)11/h1-3H,(H,9,10,11). The van der Waals surface area contributed by atoms with Crippen LogP contribution < -0.4 is 0 Å². The Bertz CT molecular complexity index is 401. The first-order chi connectivity index (χ1) is 5.41. The van der Waals surface area contributed by atoms with E-state index in [-0.39, 0.29) is 9.37 Å². The van der Waals surface area contributed by atoms with Gasteiger partial charge in [0.2, 0.25) is 0 Å². The van der Waals surface area contributed by atoms with Gasteiger partial charge in [-0.05, 0) is 34.1 Å². The predicted octanol–water partition coefficient (Wildman–Crippen LogP) is 1.83. The zero-order chi connectivity index (χ0) is 9.35. The van der Waals surface area contributed by atoms with Crippen molar-refractivity contribution >= 4 is 26.0 Å². The number of hydrogen-bond donors (Lipinski definition) is 1. The molecule has 3 nitrogen and oxygen atoms in total. The van der Waals surface area contributed by atoms with Crippen molar-refractivity contribution < 1.29 is 17.4 Å². The van der Waals surface area contributed by atoms with Crippen LogP contribution in [0.1, 0.15) is 0 Å². The van der Waals surface area contributed by atoms with E-state index in [4.69, 9.17) is 4.55 Å². The Labute approximate surface area is 77.1 Å². The molecule has 0 heterocycles. The molecular formula is C6H4BrFO3S. The van der Waals surface area contributed by atoms with Crippen LogP contribution in [0.25, 0.3) is 0 Å². The van der Waals surface area contributed by atoms with E-state index in [0.717, 1.165) is 18.2 Å². The van der Waals surface area contributed by atoms with E-state index in [2.05, 4.69) is 15.9 Å². The molecule has 1 rings (SSSR count). The molecule has 0 radical (unpaired) electrons. The number of hydrogen-bond acceptors (Lipinski definition) is 2. The van der Waals surface area contributed by atoms with Crippen molar-refractivity contribution in [3.63, 3.8) is 0 Å². The zero-order valence-electron chi connectivity index (χ0n) is 5.66. The van der Waals surface area contributed by atoms with E-state index >= 15 is 0 Å². The lowest BCUT2D eigenvalue weighted by molar-refractivity contribution is 0.482. The Morgan fingerprint density at radius 1 is 1.42 bits per heavy atom. The average Bonchev–Trinajstić information content (AvgIpc) is 1.83. The molecule has 6 heteroatoms. The third kappa shape index (κ3) is 2.02. The predicted molar refractivity (Wildman–Crippen MR) is 43.9 cm³/mol. The molecule has 0 spiro atoms. The first kappa shape index (κ1) is 9.63. The van der Waals surface area contributed by atoms with Gasteiger partial charge in [0, 0.05) is 4.47 Å². The first-order valence-corrected chi connectivity index (χ1v) is 5.07. The first-order valence-electron chi connectivity index (χ1n) is 2.84. The van der Waals surface area contributed by atoms with Crippen LogP contribution in [0.2, 0.25) is 0 Å². The van der Waals surface area contributed by atoms with Gasteiger partial charge in [0.05, 0.1) is 0 Å². The maximum atomic E-state index is 12.4. The molecular weight excluding hydrogens is 251 g/mol. The molecule has 0 aromatic heterocycles. The highest BCUT2D eigenvalue weighted by molar-refractivity contribution is 9.10. The second-order valence-corrected chi connectivity index (χ2v) is 4.29. The molecule has 0 unspecified atom stereocenters. The average molecular weight is 255 g/mol. The van der Waals surface area contributed by atoms with Crippen LogP contribution in [0, 0.1) is 5.82 Å². The molecule has 66 valence electrons. The van der Waals surface area contributed by atoms with Gasteiger partial charge < -0.3 is 0 Å². The summed E-state index contributed by atoms with van der Waals surface area (Å²) in [5.74, 6) is -0.575. The minimum Gasteiger partial charge on any atom is -0.282 e. The van der Waals surface area contributed by atoms with Gasteiger partial charge >= 0.3 is 0 Å². The SMILES string of the molecule is O=S(=O)(O)c1ccc(F)cc1Br. The molecule has 0 atom stereocenters. The molecule has 1 N–H and O–H groups in total. The van der Waals surface area contributed by atoms with E-state index in [1.807, 2.05) is 0 Å². The highest BCUT2D eigenvalue weighted by Gasteiger charge is 2.13. The van der Waals surface area contributed by atoms with E-state index in [9.17, 15) is 12.8 Å². The summed E-state index contributed by atoms with van der Waals surface area (Å²) in [7, 11) is -4.26. The molecule has 0 aliphatic rings. The molecule has 0 bridgehead atoms. The van der Waals surface area contributed by atoms with Gasteiger partial charge in [-0.25, -0.2) is 4.39 Å². The van der Waals surface area contributed by atoms with Gasteiger partial charge in [0.15, 0.2) is 0 Å². The molecule has 1 aromatic carbocycles. The summed E-state index contributed by atoms with van der Waals surface area (Å²) in [5, 5.41) is 0. The van der Waals surface area contributed by atoms with E-state index in [0.29, 0.717) is 0 Å². The number of benzene rings is 1. The summed E-state index contributed by atoms with van der Waals surface area (Å²) in [6.07, 6.45) is 0. The van der Waals surface area contributed by atoms with Crippen molar-refractivity contribution in [1.29, 1.82) is 0 Å². The van der Waals surface area contributed by atoms with Gasteiger partial charge in [-0.15, -0.1) is 0 Å². The minimum absolute atomic E-state index is 0.00463. The van der Waals surface area contributed by atoms with Crippen molar-refractivity contribution in [2.45, 2.75) is 4.90 Å². The van der Waals surface area contributed by atoms with Crippen molar-refractivity contribution in [2.24, 2.45) is 0 Å². The van der Waals surface area contributed by atoms with Crippen molar-refractivity contribution in [3.8, 4) is 0 Å². The maximum Gasteiger partial charge on any atom is 0.295 e. The minimum atomic E-state index is -4.26. The van der Waals surface area contributed by atoms with Gasteiger partial charge in [-0.2, -0.15) is 8.42 Å². The van der Waals surface area contributed by atoms with E-state index in [1.165, 1.54) is 0 Å². The van der Waals surface area contributed by atoms with Crippen LogP contribution in [-0.4, -0.2) is 13.0 Å². The lowest BCUT2D eigenvalue weighted by atomic mass is 10.3. The number of rotatable bonds is 1. The fraction of sp³-hybridized carbons (Fsp3) is 0. The number of halogens is 2. The van der Waals surface area contributed by atoms with Crippen LogP contribution in [0.3, 0.4) is 0 Å². The van der Waals surface area contributed by atoms with Crippen molar-refractivity contribution in [3.05, 3.63) is 28.5 Å². The van der Waals surface area contributed by atoms with Gasteiger partial charge in [-0.3, -0.25) is 4.55 Å². The molecule has 1 aromatic rings. The van der Waals surface area contributed by atoms with Crippen LogP contribution in [0.15, 0.2) is 27.6 Å². The molecule has 0 saturated heterocycles. The summed E-state index contributed by atoms with van der Waals surface area (Å²) < 4.78 is 42.2. The Morgan fingerprint density at radius 3 is 2.42 bits per heavy atom. The summed E-state index contributed by atoms with van der Waals surface area (Å²) in [4.78, 5) is -0.344. The fourth-order valence-corrected chi connectivity index (χ4v) is 2.19. The molecule has 0 aliphatic carbocycles. The Hall–Kier alpha value is -0.460.